The van der Waals surface area contributed by atoms with Crippen molar-refractivity contribution in [3.05, 3.63) is 91.0 Å². The van der Waals surface area contributed by atoms with Gasteiger partial charge in [-0.25, -0.2) is 0 Å². The van der Waals surface area contributed by atoms with Crippen LogP contribution in [0, 0.1) is 0 Å². The second-order valence-electron chi connectivity index (χ2n) is 5.22. The Morgan fingerprint density at radius 3 is 0.769 bits per heavy atom. The van der Waals surface area contributed by atoms with Gasteiger partial charge in [0.25, 0.3) is 0 Å². The molecule has 0 nitrogen and oxygen atoms in total. The van der Waals surface area contributed by atoms with Crippen LogP contribution >= 0.6 is 0 Å². The molecule has 0 saturated carbocycles. The van der Waals surface area contributed by atoms with E-state index in [9.17, 15) is 0 Å². The molecule has 26 heavy (non-hydrogen) atoms. The van der Waals surface area contributed by atoms with Crippen molar-refractivity contribution >= 4 is 23.6 Å². The van der Waals surface area contributed by atoms with Gasteiger partial charge in [0, 0.05) is 0 Å². The van der Waals surface area contributed by atoms with Gasteiger partial charge < -0.3 is 0 Å². The third-order valence-corrected chi connectivity index (χ3v) is 8.52. The Bertz CT molecular complexity index is 564. The minimum atomic E-state index is -1.88. The first kappa shape index (κ1) is 23.9. The minimum Gasteiger partial charge on any atom is -0.0683 e. The summed E-state index contributed by atoms with van der Waals surface area (Å²) in [6.45, 7) is 14.4. The molecule has 0 radical (unpaired) electrons. The van der Waals surface area contributed by atoms with Crippen molar-refractivity contribution in [2.45, 2.75) is 48.1 Å². The van der Waals surface area contributed by atoms with Gasteiger partial charge in [-0.05, 0) is 15.6 Å². The van der Waals surface area contributed by atoms with Gasteiger partial charge in [-0.1, -0.05) is 139 Å². The van der Waals surface area contributed by atoms with Gasteiger partial charge in [-0.2, -0.15) is 0 Å². The first-order valence-corrected chi connectivity index (χ1v) is 12.5. The lowest BCUT2D eigenvalue weighted by atomic mass is 10.3. The molecule has 0 unspecified atom stereocenters. The van der Waals surface area contributed by atoms with E-state index < -0.39 is 8.07 Å². The van der Waals surface area contributed by atoms with Gasteiger partial charge in [0.1, 0.15) is 8.07 Å². The Balaban J connectivity index is 0.000000948. The van der Waals surface area contributed by atoms with E-state index >= 15 is 0 Å². The van der Waals surface area contributed by atoms with Gasteiger partial charge in [0.2, 0.25) is 0 Å². The molecule has 0 bridgehead atoms. The summed E-state index contributed by atoms with van der Waals surface area (Å²) in [6.07, 6.45) is 0. The Hall–Kier alpha value is -2.12. The van der Waals surface area contributed by atoms with Crippen LogP contribution in [0.4, 0.5) is 0 Å². The van der Waals surface area contributed by atoms with E-state index in [0.29, 0.717) is 0 Å². The zero-order valence-corrected chi connectivity index (χ0v) is 18.7. The highest BCUT2D eigenvalue weighted by atomic mass is 28.3. The molecular formula is C25H36Si. The fourth-order valence-corrected chi connectivity index (χ4v) is 6.39. The van der Waals surface area contributed by atoms with Crippen molar-refractivity contribution in [1.29, 1.82) is 0 Å². The van der Waals surface area contributed by atoms with Crippen LogP contribution in [0.15, 0.2) is 91.0 Å². The molecule has 0 heterocycles. The Kier molecular flexibility index (Phi) is 12.9. The average Bonchev–Trinajstić information content (AvgIpc) is 2.79. The Labute approximate surface area is 162 Å². The van der Waals surface area contributed by atoms with E-state index in [2.05, 4.69) is 97.5 Å². The molecule has 0 aromatic heterocycles. The van der Waals surface area contributed by atoms with Crippen molar-refractivity contribution in [3.63, 3.8) is 0 Å². The number of hydrogen-bond acceptors (Lipinski definition) is 0. The molecule has 0 aliphatic heterocycles. The fourth-order valence-electron chi connectivity index (χ4n) is 2.81. The van der Waals surface area contributed by atoms with Crippen molar-refractivity contribution < 1.29 is 0 Å². The van der Waals surface area contributed by atoms with E-state index in [4.69, 9.17) is 0 Å². The van der Waals surface area contributed by atoms with Gasteiger partial charge in [-0.15, -0.1) is 0 Å². The standard InChI is InChI=1S/C19H18Si.3C2H6/c1-20(17-11-5-2-6-12-17,18-13-7-3-8-14-18)19-15-9-4-10-16-19;3*1-2/h2-16H,1H3;3*1-2H3. The molecule has 3 aromatic rings. The average molecular weight is 365 g/mol. The van der Waals surface area contributed by atoms with Crippen molar-refractivity contribution in [2.75, 3.05) is 0 Å². The summed E-state index contributed by atoms with van der Waals surface area (Å²) in [5, 5.41) is 4.37. The smallest absolute Gasteiger partial charge is 0.0683 e. The van der Waals surface area contributed by atoms with Crippen LogP contribution in [0.2, 0.25) is 6.55 Å². The van der Waals surface area contributed by atoms with Crippen LogP contribution in [-0.2, 0) is 0 Å². The van der Waals surface area contributed by atoms with Crippen LogP contribution in [0.1, 0.15) is 41.5 Å². The van der Waals surface area contributed by atoms with E-state index in [1.807, 2.05) is 41.5 Å². The molecule has 0 amide bonds. The molecule has 3 rings (SSSR count). The lowest BCUT2D eigenvalue weighted by molar-refractivity contribution is 1.50. The maximum absolute atomic E-state index is 2.44. The summed E-state index contributed by atoms with van der Waals surface area (Å²) >= 11 is 0. The van der Waals surface area contributed by atoms with E-state index in [0.717, 1.165) is 0 Å². The fraction of sp³-hybridized carbons (Fsp3) is 0.280. The molecule has 140 valence electrons. The van der Waals surface area contributed by atoms with Crippen molar-refractivity contribution in [1.82, 2.24) is 0 Å². The van der Waals surface area contributed by atoms with E-state index in [-0.39, 0.29) is 0 Å². The molecule has 0 spiro atoms. The molecule has 0 aliphatic carbocycles. The maximum atomic E-state index is 2.44. The highest BCUT2D eigenvalue weighted by molar-refractivity contribution is 7.10. The third-order valence-electron chi connectivity index (χ3n) is 4.05. The topological polar surface area (TPSA) is 0 Å². The molecule has 3 aromatic carbocycles. The predicted molar refractivity (Wildman–Crippen MR) is 124 cm³/mol. The predicted octanol–water partition coefficient (Wildman–Crippen LogP) is 5.87. The molecule has 0 atom stereocenters. The van der Waals surface area contributed by atoms with Gasteiger partial charge in [0.05, 0.1) is 0 Å². The zero-order chi connectivity index (χ0) is 19.8. The normalized spacial score (nSPS) is 9.35. The summed E-state index contributed by atoms with van der Waals surface area (Å²) in [7, 11) is -1.88. The minimum absolute atomic E-state index is 1.46. The summed E-state index contributed by atoms with van der Waals surface area (Å²) in [6, 6.07) is 32.8. The summed E-state index contributed by atoms with van der Waals surface area (Å²) in [5.41, 5.74) is 0. The van der Waals surface area contributed by atoms with Crippen LogP contribution in [0.3, 0.4) is 0 Å². The van der Waals surface area contributed by atoms with Crippen LogP contribution < -0.4 is 15.6 Å². The van der Waals surface area contributed by atoms with Gasteiger partial charge in [0.15, 0.2) is 0 Å². The molecule has 0 N–H and O–H groups in total. The molecule has 0 saturated heterocycles. The number of benzene rings is 3. The highest BCUT2D eigenvalue weighted by Gasteiger charge is 2.33. The summed E-state index contributed by atoms with van der Waals surface area (Å²) < 4.78 is 0. The molecule has 1 heteroatoms. The summed E-state index contributed by atoms with van der Waals surface area (Å²) in [5.74, 6) is 0. The van der Waals surface area contributed by atoms with Crippen LogP contribution in [0.5, 0.6) is 0 Å². The lowest BCUT2D eigenvalue weighted by Crippen LogP contribution is -2.64. The number of hydrogen-bond donors (Lipinski definition) is 0. The maximum Gasteiger partial charge on any atom is 0.145 e. The van der Waals surface area contributed by atoms with Gasteiger partial charge >= 0.3 is 0 Å². The SMILES string of the molecule is CC.CC.CC.C[Si](c1ccccc1)(c1ccccc1)c1ccccc1. The first-order valence-electron chi connectivity index (χ1n) is 9.98. The van der Waals surface area contributed by atoms with E-state index in [1.165, 1.54) is 15.6 Å². The van der Waals surface area contributed by atoms with Crippen LogP contribution in [-0.4, -0.2) is 8.07 Å². The highest BCUT2D eigenvalue weighted by Crippen LogP contribution is 2.06. The third kappa shape index (κ3) is 6.00. The van der Waals surface area contributed by atoms with E-state index in [1.54, 1.807) is 0 Å². The first-order chi connectivity index (χ1) is 12.8. The Morgan fingerprint density at radius 2 is 0.577 bits per heavy atom. The molecular weight excluding hydrogens is 328 g/mol. The second-order valence-corrected chi connectivity index (χ2v) is 9.21. The molecule has 0 fully saturated rings. The quantitative estimate of drug-likeness (QED) is 0.403. The Morgan fingerprint density at radius 1 is 0.385 bits per heavy atom. The van der Waals surface area contributed by atoms with Gasteiger partial charge in [-0.3, -0.25) is 0 Å². The monoisotopic (exact) mass is 364 g/mol. The number of rotatable bonds is 3. The van der Waals surface area contributed by atoms with Crippen molar-refractivity contribution in [2.24, 2.45) is 0 Å². The van der Waals surface area contributed by atoms with Crippen molar-refractivity contribution in [3.8, 4) is 0 Å². The lowest BCUT2D eigenvalue weighted by Gasteiger charge is -2.29. The zero-order valence-electron chi connectivity index (χ0n) is 17.7. The largest absolute Gasteiger partial charge is 0.145 e. The summed E-state index contributed by atoms with van der Waals surface area (Å²) in [4.78, 5) is 0. The second kappa shape index (κ2) is 14.1. The molecule has 0 aliphatic rings. The van der Waals surface area contributed by atoms with Crippen LogP contribution in [0.25, 0.3) is 0 Å².